The summed E-state index contributed by atoms with van der Waals surface area (Å²) in [6, 6.07) is 7.97. The Balaban J connectivity index is 2.36. The molecule has 1 heterocycles. The number of aromatic nitrogens is 2. The van der Waals surface area contributed by atoms with E-state index in [4.69, 9.17) is 5.84 Å². The highest BCUT2D eigenvalue weighted by Crippen LogP contribution is 2.27. The van der Waals surface area contributed by atoms with E-state index in [1.807, 2.05) is 41.3 Å². The Kier molecular flexibility index (Phi) is 3.93. The lowest BCUT2D eigenvalue weighted by Crippen LogP contribution is -2.28. The van der Waals surface area contributed by atoms with Crippen molar-refractivity contribution in [2.24, 2.45) is 5.84 Å². The monoisotopic (exact) mass is 294 g/mol. The van der Waals surface area contributed by atoms with Gasteiger partial charge >= 0.3 is 0 Å². The SMILES string of the molecule is CCn1cc(C(NN)c2ccccc2Br)cn1. The van der Waals surface area contributed by atoms with Crippen molar-refractivity contribution < 1.29 is 0 Å². The van der Waals surface area contributed by atoms with Gasteiger partial charge < -0.3 is 0 Å². The van der Waals surface area contributed by atoms with Gasteiger partial charge in [0.15, 0.2) is 0 Å². The van der Waals surface area contributed by atoms with Crippen LogP contribution in [0.1, 0.15) is 24.1 Å². The van der Waals surface area contributed by atoms with Crippen LogP contribution in [0.25, 0.3) is 0 Å². The molecule has 1 aromatic heterocycles. The second-order valence-corrected chi connectivity index (χ2v) is 4.60. The standard InChI is InChI=1S/C12H15BrN4/c1-2-17-8-9(7-15-17)12(16-14)10-5-3-4-6-11(10)13/h3-8,12,16H,2,14H2,1H3. The number of nitrogens with one attached hydrogen (secondary N) is 1. The lowest BCUT2D eigenvalue weighted by Gasteiger charge is -2.16. The van der Waals surface area contributed by atoms with Gasteiger partial charge in [0, 0.05) is 22.8 Å². The van der Waals surface area contributed by atoms with Crippen molar-refractivity contribution >= 4 is 15.9 Å². The third kappa shape index (κ3) is 2.57. The molecule has 1 unspecified atom stereocenters. The molecular weight excluding hydrogens is 280 g/mol. The number of hydrazine groups is 1. The molecule has 0 amide bonds. The normalized spacial score (nSPS) is 12.6. The van der Waals surface area contributed by atoms with Crippen LogP contribution in [-0.2, 0) is 6.54 Å². The van der Waals surface area contributed by atoms with Crippen LogP contribution in [0.4, 0.5) is 0 Å². The van der Waals surface area contributed by atoms with Gasteiger partial charge in [0.2, 0.25) is 0 Å². The van der Waals surface area contributed by atoms with Gasteiger partial charge in [0.05, 0.1) is 12.2 Å². The molecular formula is C12H15BrN4. The van der Waals surface area contributed by atoms with Crippen molar-refractivity contribution in [2.45, 2.75) is 19.5 Å². The van der Waals surface area contributed by atoms with Crippen LogP contribution >= 0.6 is 15.9 Å². The first-order valence-corrected chi connectivity index (χ1v) is 6.28. The summed E-state index contributed by atoms with van der Waals surface area (Å²) in [5.41, 5.74) is 4.99. The molecule has 2 aromatic rings. The molecule has 0 aliphatic rings. The number of hydrogen-bond acceptors (Lipinski definition) is 3. The van der Waals surface area contributed by atoms with Crippen molar-refractivity contribution in [3.05, 3.63) is 52.3 Å². The lowest BCUT2D eigenvalue weighted by molar-refractivity contribution is 0.628. The minimum atomic E-state index is -0.0501. The molecule has 17 heavy (non-hydrogen) atoms. The van der Waals surface area contributed by atoms with E-state index in [1.54, 1.807) is 0 Å². The van der Waals surface area contributed by atoms with Crippen LogP contribution < -0.4 is 11.3 Å². The van der Waals surface area contributed by atoms with E-state index in [-0.39, 0.29) is 6.04 Å². The van der Waals surface area contributed by atoms with E-state index in [0.717, 1.165) is 22.1 Å². The lowest BCUT2D eigenvalue weighted by atomic mass is 10.0. The summed E-state index contributed by atoms with van der Waals surface area (Å²) in [6.45, 7) is 2.91. The molecule has 1 atom stereocenters. The van der Waals surface area contributed by atoms with Crippen molar-refractivity contribution in [3.8, 4) is 0 Å². The Labute approximate surface area is 109 Å². The molecule has 0 radical (unpaired) electrons. The van der Waals surface area contributed by atoms with Gasteiger partial charge in [-0.05, 0) is 18.6 Å². The highest BCUT2D eigenvalue weighted by molar-refractivity contribution is 9.10. The van der Waals surface area contributed by atoms with Crippen LogP contribution in [0, 0.1) is 0 Å². The fourth-order valence-electron chi connectivity index (χ4n) is 1.78. The Hall–Kier alpha value is -1.17. The van der Waals surface area contributed by atoms with Gasteiger partial charge in [-0.1, -0.05) is 34.1 Å². The molecule has 1 aromatic carbocycles. The summed E-state index contributed by atoms with van der Waals surface area (Å²) in [5.74, 6) is 5.65. The van der Waals surface area contributed by atoms with E-state index < -0.39 is 0 Å². The molecule has 3 N–H and O–H groups in total. The van der Waals surface area contributed by atoms with Crippen molar-refractivity contribution in [2.75, 3.05) is 0 Å². The second kappa shape index (κ2) is 5.44. The second-order valence-electron chi connectivity index (χ2n) is 3.75. The van der Waals surface area contributed by atoms with Gasteiger partial charge in [0.1, 0.15) is 0 Å². The Bertz CT molecular complexity index is 495. The molecule has 90 valence electrons. The predicted molar refractivity (Wildman–Crippen MR) is 71.2 cm³/mol. The van der Waals surface area contributed by atoms with Crippen molar-refractivity contribution in [1.29, 1.82) is 0 Å². The largest absolute Gasteiger partial charge is 0.273 e. The molecule has 0 fully saturated rings. The molecule has 0 saturated heterocycles. The van der Waals surface area contributed by atoms with Gasteiger partial charge in [-0.3, -0.25) is 10.5 Å². The summed E-state index contributed by atoms with van der Waals surface area (Å²) in [5, 5.41) is 4.26. The van der Waals surface area contributed by atoms with E-state index in [9.17, 15) is 0 Å². The first kappa shape index (κ1) is 12.3. The zero-order valence-corrected chi connectivity index (χ0v) is 11.2. The van der Waals surface area contributed by atoms with Crippen molar-refractivity contribution in [1.82, 2.24) is 15.2 Å². The molecule has 2 rings (SSSR count). The van der Waals surface area contributed by atoms with Crippen LogP contribution in [0.15, 0.2) is 41.1 Å². The first-order chi connectivity index (χ1) is 8.26. The minimum Gasteiger partial charge on any atom is -0.273 e. The molecule has 0 aliphatic carbocycles. The van der Waals surface area contributed by atoms with E-state index >= 15 is 0 Å². The van der Waals surface area contributed by atoms with Gasteiger partial charge in [0.25, 0.3) is 0 Å². The van der Waals surface area contributed by atoms with Crippen LogP contribution in [0.5, 0.6) is 0 Å². The van der Waals surface area contributed by atoms with E-state index in [2.05, 4.69) is 33.4 Å². The summed E-state index contributed by atoms with van der Waals surface area (Å²) >= 11 is 3.54. The maximum atomic E-state index is 5.65. The number of halogens is 1. The summed E-state index contributed by atoms with van der Waals surface area (Å²) in [4.78, 5) is 0. The minimum absolute atomic E-state index is 0.0501. The van der Waals surface area contributed by atoms with E-state index in [0.29, 0.717) is 0 Å². The first-order valence-electron chi connectivity index (χ1n) is 5.49. The molecule has 0 spiro atoms. The average Bonchev–Trinajstić information content (AvgIpc) is 2.81. The Morgan fingerprint density at radius 1 is 1.47 bits per heavy atom. The molecule has 0 saturated carbocycles. The van der Waals surface area contributed by atoms with Gasteiger partial charge in [-0.15, -0.1) is 0 Å². The fourth-order valence-corrected chi connectivity index (χ4v) is 2.29. The third-order valence-corrected chi connectivity index (χ3v) is 3.42. The zero-order chi connectivity index (χ0) is 12.3. The number of rotatable bonds is 4. The maximum Gasteiger partial charge on any atom is 0.0751 e. The third-order valence-electron chi connectivity index (χ3n) is 2.69. The summed E-state index contributed by atoms with van der Waals surface area (Å²) in [7, 11) is 0. The summed E-state index contributed by atoms with van der Waals surface area (Å²) in [6.07, 6.45) is 3.84. The van der Waals surface area contributed by atoms with Crippen LogP contribution in [0.3, 0.4) is 0 Å². The van der Waals surface area contributed by atoms with Crippen LogP contribution in [0.2, 0.25) is 0 Å². The van der Waals surface area contributed by atoms with Gasteiger partial charge in [-0.25, -0.2) is 5.43 Å². The number of aryl methyl sites for hydroxylation is 1. The van der Waals surface area contributed by atoms with Crippen LogP contribution in [-0.4, -0.2) is 9.78 Å². The number of hydrogen-bond donors (Lipinski definition) is 2. The van der Waals surface area contributed by atoms with E-state index in [1.165, 1.54) is 0 Å². The molecule has 0 bridgehead atoms. The highest BCUT2D eigenvalue weighted by atomic mass is 79.9. The fraction of sp³-hybridized carbons (Fsp3) is 0.250. The smallest absolute Gasteiger partial charge is 0.0751 e. The number of nitrogens with zero attached hydrogens (tertiary/aromatic N) is 2. The van der Waals surface area contributed by atoms with Crippen molar-refractivity contribution in [3.63, 3.8) is 0 Å². The quantitative estimate of drug-likeness (QED) is 0.671. The Morgan fingerprint density at radius 3 is 2.82 bits per heavy atom. The van der Waals surface area contributed by atoms with Gasteiger partial charge in [-0.2, -0.15) is 5.10 Å². The topological polar surface area (TPSA) is 55.9 Å². The summed E-state index contributed by atoms with van der Waals surface area (Å²) < 4.78 is 2.92. The highest BCUT2D eigenvalue weighted by Gasteiger charge is 2.16. The number of nitrogens with two attached hydrogens (primary N) is 1. The molecule has 4 nitrogen and oxygen atoms in total. The molecule has 5 heteroatoms. The zero-order valence-electron chi connectivity index (χ0n) is 9.60. The Morgan fingerprint density at radius 2 is 2.24 bits per heavy atom. The number of benzene rings is 1. The molecule has 0 aliphatic heterocycles. The maximum absolute atomic E-state index is 5.65. The predicted octanol–water partition coefficient (Wildman–Crippen LogP) is 2.22. The average molecular weight is 295 g/mol.